The highest BCUT2D eigenvalue weighted by Gasteiger charge is 2.52. The zero-order chi connectivity index (χ0) is 14.3. The molecule has 0 amide bonds. The predicted octanol–water partition coefficient (Wildman–Crippen LogP) is 2.22. The molecule has 1 aromatic heterocycles. The Balaban J connectivity index is 2.26. The summed E-state index contributed by atoms with van der Waals surface area (Å²) in [6, 6.07) is 1.86. The third-order valence-electron chi connectivity index (χ3n) is 3.66. The Kier molecular flexibility index (Phi) is 3.77. The predicted molar refractivity (Wildman–Crippen MR) is 76.0 cm³/mol. The van der Waals surface area contributed by atoms with Crippen LogP contribution in [0.15, 0.2) is 11.4 Å². The van der Waals surface area contributed by atoms with Crippen molar-refractivity contribution in [2.45, 2.75) is 45.8 Å². The first-order valence-corrected chi connectivity index (χ1v) is 7.26. The molecule has 1 aromatic rings. The lowest BCUT2D eigenvalue weighted by Crippen LogP contribution is -2.41. The van der Waals surface area contributed by atoms with Gasteiger partial charge in [-0.15, -0.1) is 11.3 Å². The SMILES string of the molecule is CCOC(=O)c1sccc1B1OC(C)(C)C(C)(C)O1. The topological polar surface area (TPSA) is 44.8 Å². The Bertz CT molecular complexity index is 465. The third kappa shape index (κ3) is 2.57. The highest BCUT2D eigenvalue weighted by Crippen LogP contribution is 2.37. The molecule has 19 heavy (non-hydrogen) atoms. The van der Waals surface area contributed by atoms with Gasteiger partial charge in [-0.05, 0) is 40.0 Å². The maximum Gasteiger partial charge on any atom is 0.496 e. The lowest BCUT2D eigenvalue weighted by atomic mass is 9.79. The van der Waals surface area contributed by atoms with E-state index in [9.17, 15) is 4.79 Å². The molecule has 0 N–H and O–H groups in total. The highest BCUT2D eigenvalue weighted by atomic mass is 32.1. The van der Waals surface area contributed by atoms with E-state index in [-0.39, 0.29) is 5.97 Å². The summed E-state index contributed by atoms with van der Waals surface area (Å²) in [5.41, 5.74) is -0.0704. The van der Waals surface area contributed by atoms with Crippen molar-refractivity contribution in [1.82, 2.24) is 0 Å². The summed E-state index contributed by atoms with van der Waals surface area (Å²) in [4.78, 5) is 12.4. The summed E-state index contributed by atoms with van der Waals surface area (Å²) in [6.07, 6.45) is 0. The van der Waals surface area contributed by atoms with Crippen molar-refractivity contribution in [3.8, 4) is 0 Å². The van der Waals surface area contributed by atoms with E-state index >= 15 is 0 Å². The first kappa shape index (κ1) is 14.6. The molecule has 1 aliphatic heterocycles. The molecule has 4 nitrogen and oxygen atoms in total. The Labute approximate surface area is 118 Å². The average molecular weight is 282 g/mol. The van der Waals surface area contributed by atoms with Crippen LogP contribution in [-0.4, -0.2) is 30.9 Å². The minimum absolute atomic E-state index is 0.317. The van der Waals surface area contributed by atoms with E-state index in [0.717, 1.165) is 5.46 Å². The van der Waals surface area contributed by atoms with Gasteiger partial charge in [-0.25, -0.2) is 4.79 Å². The maximum absolute atomic E-state index is 11.9. The average Bonchev–Trinajstić information content (AvgIpc) is 2.82. The number of carbonyl (C=O) groups excluding carboxylic acids is 1. The van der Waals surface area contributed by atoms with E-state index in [4.69, 9.17) is 14.0 Å². The molecule has 6 heteroatoms. The van der Waals surface area contributed by atoms with Crippen LogP contribution in [0.5, 0.6) is 0 Å². The monoisotopic (exact) mass is 282 g/mol. The van der Waals surface area contributed by atoms with Crippen molar-refractivity contribution in [3.05, 3.63) is 16.3 Å². The number of carbonyl (C=O) groups is 1. The first-order chi connectivity index (χ1) is 8.78. The summed E-state index contributed by atoms with van der Waals surface area (Å²) in [7, 11) is -0.518. The van der Waals surface area contributed by atoms with E-state index in [1.807, 2.05) is 39.1 Å². The second kappa shape index (κ2) is 4.92. The number of hydrogen-bond acceptors (Lipinski definition) is 5. The van der Waals surface area contributed by atoms with Crippen LogP contribution in [0.1, 0.15) is 44.3 Å². The fourth-order valence-corrected chi connectivity index (χ4v) is 2.64. The first-order valence-electron chi connectivity index (χ1n) is 6.38. The molecule has 0 spiro atoms. The fraction of sp³-hybridized carbons (Fsp3) is 0.615. The Hall–Kier alpha value is -0.845. The van der Waals surface area contributed by atoms with Gasteiger partial charge in [0.05, 0.1) is 17.8 Å². The highest BCUT2D eigenvalue weighted by molar-refractivity contribution is 7.13. The van der Waals surface area contributed by atoms with Crippen molar-refractivity contribution in [2.75, 3.05) is 6.61 Å². The van der Waals surface area contributed by atoms with Gasteiger partial charge < -0.3 is 14.0 Å². The molecule has 0 aliphatic carbocycles. The maximum atomic E-state index is 11.9. The minimum Gasteiger partial charge on any atom is -0.462 e. The van der Waals surface area contributed by atoms with Gasteiger partial charge in [-0.2, -0.15) is 0 Å². The summed E-state index contributed by atoms with van der Waals surface area (Å²) < 4.78 is 17.0. The van der Waals surface area contributed by atoms with Gasteiger partial charge in [-0.1, -0.05) is 6.07 Å². The van der Waals surface area contributed by atoms with E-state index < -0.39 is 18.3 Å². The van der Waals surface area contributed by atoms with Crippen LogP contribution in [0, 0.1) is 0 Å². The summed E-state index contributed by atoms with van der Waals surface area (Å²) in [5.74, 6) is -0.317. The number of ether oxygens (including phenoxy) is 1. The molecule has 0 radical (unpaired) electrons. The molecule has 2 heterocycles. The molecule has 104 valence electrons. The van der Waals surface area contributed by atoms with Crippen molar-refractivity contribution in [3.63, 3.8) is 0 Å². The van der Waals surface area contributed by atoms with Gasteiger partial charge >= 0.3 is 13.1 Å². The van der Waals surface area contributed by atoms with E-state index in [2.05, 4.69) is 0 Å². The van der Waals surface area contributed by atoms with Crippen LogP contribution >= 0.6 is 11.3 Å². The second-order valence-electron chi connectivity index (χ2n) is 5.51. The number of rotatable bonds is 3. The van der Waals surface area contributed by atoms with Crippen LogP contribution in [-0.2, 0) is 14.0 Å². The van der Waals surface area contributed by atoms with Crippen LogP contribution in [0.2, 0.25) is 0 Å². The third-order valence-corrected chi connectivity index (χ3v) is 4.57. The molecular weight excluding hydrogens is 263 g/mol. The van der Waals surface area contributed by atoms with Crippen molar-refractivity contribution < 1.29 is 18.8 Å². The van der Waals surface area contributed by atoms with Gasteiger partial charge in [0.2, 0.25) is 0 Å². The molecule has 0 bridgehead atoms. The molecule has 0 unspecified atom stereocenters. The minimum atomic E-state index is -0.518. The van der Waals surface area contributed by atoms with Crippen LogP contribution in [0.3, 0.4) is 0 Å². The smallest absolute Gasteiger partial charge is 0.462 e. The molecule has 1 fully saturated rings. The van der Waals surface area contributed by atoms with Crippen LogP contribution in [0.25, 0.3) is 0 Å². The van der Waals surface area contributed by atoms with E-state index in [1.54, 1.807) is 6.92 Å². The van der Waals surface area contributed by atoms with Gasteiger partial charge in [0.15, 0.2) is 0 Å². The summed E-state index contributed by atoms with van der Waals surface area (Å²) in [5, 5.41) is 1.85. The van der Waals surface area contributed by atoms with Crippen molar-refractivity contribution in [1.29, 1.82) is 0 Å². The molecule has 2 rings (SSSR count). The Morgan fingerprint density at radius 2 is 1.89 bits per heavy atom. The quantitative estimate of drug-likeness (QED) is 0.630. The molecule has 1 aliphatic rings. The normalized spacial score (nSPS) is 20.6. The Morgan fingerprint density at radius 3 is 2.42 bits per heavy atom. The van der Waals surface area contributed by atoms with Crippen molar-refractivity contribution in [2.24, 2.45) is 0 Å². The Morgan fingerprint density at radius 1 is 1.32 bits per heavy atom. The zero-order valence-corrected chi connectivity index (χ0v) is 12.8. The standard InChI is InChI=1S/C13H19BO4S/c1-6-16-11(15)10-9(7-8-19-10)14-17-12(2,3)13(4,5)18-14/h7-8H,6H2,1-5H3. The number of esters is 1. The van der Waals surface area contributed by atoms with Crippen LogP contribution in [0.4, 0.5) is 0 Å². The second-order valence-corrected chi connectivity index (χ2v) is 6.43. The zero-order valence-electron chi connectivity index (χ0n) is 12.0. The van der Waals surface area contributed by atoms with Gasteiger partial charge in [0.25, 0.3) is 0 Å². The van der Waals surface area contributed by atoms with Gasteiger partial charge in [0.1, 0.15) is 4.88 Å². The van der Waals surface area contributed by atoms with Crippen molar-refractivity contribution >= 4 is 29.9 Å². The molecule has 1 saturated heterocycles. The number of hydrogen-bond donors (Lipinski definition) is 0. The fourth-order valence-electron chi connectivity index (χ4n) is 1.84. The summed E-state index contributed by atoms with van der Waals surface area (Å²) >= 11 is 1.35. The molecular formula is C13H19BO4S. The van der Waals surface area contributed by atoms with Gasteiger partial charge in [-0.3, -0.25) is 0 Å². The number of thiophene rings is 1. The molecule has 0 saturated carbocycles. The molecule has 0 atom stereocenters. The van der Waals surface area contributed by atoms with E-state index in [1.165, 1.54) is 11.3 Å². The van der Waals surface area contributed by atoms with Gasteiger partial charge in [0, 0.05) is 5.46 Å². The lowest BCUT2D eigenvalue weighted by molar-refractivity contribution is 0.00578. The lowest BCUT2D eigenvalue weighted by Gasteiger charge is -2.32. The van der Waals surface area contributed by atoms with E-state index in [0.29, 0.717) is 11.5 Å². The summed E-state index contributed by atoms with van der Waals surface area (Å²) in [6.45, 7) is 10.1. The molecule has 0 aromatic carbocycles. The van der Waals surface area contributed by atoms with Crippen LogP contribution < -0.4 is 5.46 Å². The largest absolute Gasteiger partial charge is 0.496 e.